The molecule has 0 amide bonds. The maximum absolute atomic E-state index is 5.59. The number of aryl methyl sites for hydroxylation is 2. The first-order valence-corrected chi connectivity index (χ1v) is 6.64. The Kier molecular flexibility index (Phi) is 4.00. The average molecular weight is 234 g/mol. The Balaban J connectivity index is 2.17. The van der Waals surface area contributed by atoms with Crippen molar-refractivity contribution >= 4 is 11.3 Å². The highest BCUT2D eigenvalue weighted by Crippen LogP contribution is 2.33. The smallest absolute Gasteiger partial charge is 0.0662 e. The maximum Gasteiger partial charge on any atom is 0.0662 e. The van der Waals surface area contributed by atoms with Crippen molar-refractivity contribution in [3.63, 3.8) is 0 Å². The summed E-state index contributed by atoms with van der Waals surface area (Å²) in [5, 5.41) is 0. The lowest BCUT2D eigenvalue weighted by atomic mass is 9.98. The summed E-state index contributed by atoms with van der Waals surface area (Å²) < 4.78 is 0. The van der Waals surface area contributed by atoms with E-state index in [1.165, 1.54) is 36.1 Å². The summed E-state index contributed by atoms with van der Waals surface area (Å²) in [5.74, 6) is 11.6. The lowest BCUT2D eigenvalue weighted by Crippen LogP contribution is -2.27. The van der Waals surface area contributed by atoms with Crippen molar-refractivity contribution in [2.45, 2.75) is 45.1 Å². The van der Waals surface area contributed by atoms with Gasteiger partial charge in [0.2, 0.25) is 0 Å². The molecule has 16 heavy (non-hydrogen) atoms. The second-order valence-electron chi connectivity index (χ2n) is 4.15. The standard InChI is InChI=1S/C13H18N2S/c1-2-3-7-11(15-14)13-9-10-6-4-5-8-12(10)16-13/h9,11,15H,4-8,14H2,1H3. The monoisotopic (exact) mass is 234 g/mol. The number of rotatable bonds is 3. The number of nitrogens with one attached hydrogen (secondary N) is 1. The summed E-state index contributed by atoms with van der Waals surface area (Å²) in [7, 11) is 0. The zero-order valence-corrected chi connectivity index (χ0v) is 10.5. The van der Waals surface area contributed by atoms with E-state index in [2.05, 4.69) is 23.3 Å². The minimum absolute atomic E-state index is 0.197. The largest absolute Gasteiger partial charge is 0.271 e. The molecule has 0 aliphatic heterocycles. The average Bonchev–Trinajstić information content (AvgIpc) is 2.73. The molecule has 3 N–H and O–H groups in total. The predicted octanol–water partition coefficient (Wildman–Crippen LogP) is 2.54. The van der Waals surface area contributed by atoms with E-state index in [4.69, 9.17) is 5.84 Å². The number of fused-ring (bicyclic) bond motifs is 1. The number of thiophene rings is 1. The Morgan fingerprint density at radius 2 is 2.31 bits per heavy atom. The fourth-order valence-corrected chi connectivity index (χ4v) is 3.45. The molecular formula is C13H18N2S. The number of hydrazine groups is 1. The highest BCUT2D eigenvalue weighted by Gasteiger charge is 2.17. The van der Waals surface area contributed by atoms with Gasteiger partial charge in [-0.25, -0.2) is 0 Å². The van der Waals surface area contributed by atoms with Crippen LogP contribution in [0.4, 0.5) is 0 Å². The summed E-state index contributed by atoms with van der Waals surface area (Å²) in [4.78, 5) is 2.91. The molecule has 0 saturated carbocycles. The van der Waals surface area contributed by atoms with Crippen LogP contribution < -0.4 is 11.3 Å². The molecule has 1 aliphatic rings. The molecule has 86 valence electrons. The van der Waals surface area contributed by atoms with Gasteiger partial charge in [-0.05, 0) is 44.2 Å². The molecule has 1 aliphatic carbocycles. The van der Waals surface area contributed by atoms with Gasteiger partial charge in [-0.2, -0.15) is 0 Å². The molecule has 0 bridgehead atoms. The highest BCUT2D eigenvalue weighted by molar-refractivity contribution is 7.12. The number of hydrogen-bond acceptors (Lipinski definition) is 3. The first kappa shape index (κ1) is 11.7. The Morgan fingerprint density at radius 1 is 1.50 bits per heavy atom. The van der Waals surface area contributed by atoms with Crippen LogP contribution in [0.1, 0.15) is 47.5 Å². The summed E-state index contributed by atoms with van der Waals surface area (Å²) in [5.41, 5.74) is 4.41. The van der Waals surface area contributed by atoms with E-state index in [1.54, 1.807) is 4.88 Å². The minimum Gasteiger partial charge on any atom is -0.271 e. The van der Waals surface area contributed by atoms with Crippen LogP contribution in [-0.2, 0) is 12.8 Å². The summed E-state index contributed by atoms with van der Waals surface area (Å²) in [6.07, 6.45) is 5.95. The molecule has 1 atom stereocenters. The fourth-order valence-electron chi connectivity index (χ4n) is 2.13. The van der Waals surface area contributed by atoms with Gasteiger partial charge >= 0.3 is 0 Å². The van der Waals surface area contributed by atoms with Crippen LogP contribution in [0.3, 0.4) is 0 Å². The summed E-state index contributed by atoms with van der Waals surface area (Å²) >= 11 is 1.91. The molecule has 1 heterocycles. The first-order chi connectivity index (χ1) is 7.85. The highest BCUT2D eigenvalue weighted by atomic mass is 32.1. The summed E-state index contributed by atoms with van der Waals surface area (Å²) in [6, 6.07) is 2.52. The Bertz CT molecular complexity index is 388. The van der Waals surface area contributed by atoms with Crippen LogP contribution in [0.2, 0.25) is 0 Å². The van der Waals surface area contributed by atoms with Crippen LogP contribution in [0.5, 0.6) is 0 Å². The van der Waals surface area contributed by atoms with Crippen LogP contribution in [0, 0.1) is 11.8 Å². The third-order valence-electron chi connectivity index (χ3n) is 3.04. The van der Waals surface area contributed by atoms with Gasteiger partial charge in [-0.15, -0.1) is 23.2 Å². The second kappa shape index (κ2) is 5.49. The fraction of sp³-hybridized carbons (Fsp3) is 0.538. The van der Waals surface area contributed by atoms with Crippen LogP contribution in [0.15, 0.2) is 6.07 Å². The second-order valence-corrected chi connectivity index (χ2v) is 5.32. The van der Waals surface area contributed by atoms with Gasteiger partial charge in [0.1, 0.15) is 0 Å². The molecule has 0 saturated heterocycles. The molecule has 1 unspecified atom stereocenters. The van der Waals surface area contributed by atoms with Gasteiger partial charge in [0.25, 0.3) is 0 Å². The van der Waals surface area contributed by atoms with Crippen molar-refractivity contribution in [3.05, 3.63) is 21.4 Å². The molecule has 0 spiro atoms. The molecular weight excluding hydrogens is 216 g/mol. The van der Waals surface area contributed by atoms with E-state index >= 15 is 0 Å². The number of nitrogens with two attached hydrogens (primary N) is 1. The van der Waals surface area contributed by atoms with Crippen LogP contribution in [-0.4, -0.2) is 0 Å². The maximum atomic E-state index is 5.59. The molecule has 2 rings (SSSR count). The van der Waals surface area contributed by atoms with Gasteiger partial charge in [-0.3, -0.25) is 11.3 Å². The molecule has 1 aromatic rings. The third-order valence-corrected chi connectivity index (χ3v) is 4.39. The van der Waals surface area contributed by atoms with E-state index in [9.17, 15) is 0 Å². The van der Waals surface area contributed by atoms with Crippen LogP contribution >= 0.6 is 11.3 Å². The topological polar surface area (TPSA) is 38.0 Å². The number of hydrogen-bond donors (Lipinski definition) is 2. The molecule has 0 aromatic carbocycles. The quantitative estimate of drug-likeness (QED) is 0.479. The normalized spacial score (nSPS) is 16.1. The SMILES string of the molecule is CC#CCC(NN)c1cc2c(s1)CCCC2. The summed E-state index contributed by atoms with van der Waals surface area (Å²) in [6.45, 7) is 1.87. The Morgan fingerprint density at radius 3 is 3.00 bits per heavy atom. The van der Waals surface area contributed by atoms with E-state index in [0.717, 1.165) is 6.42 Å². The minimum atomic E-state index is 0.197. The van der Waals surface area contributed by atoms with Gasteiger partial charge in [0, 0.05) is 16.2 Å². The predicted molar refractivity (Wildman–Crippen MR) is 69.1 cm³/mol. The van der Waals surface area contributed by atoms with Crippen molar-refractivity contribution < 1.29 is 0 Å². The first-order valence-electron chi connectivity index (χ1n) is 5.82. The van der Waals surface area contributed by atoms with Gasteiger partial charge < -0.3 is 0 Å². The van der Waals surface area contributed by atoms with Gasteiger partial charge in [0.05, 0.1) is 6.04 Å². The lowest BCUT2D eigenvalue weighted by Gasteiger charge is -2.09. The van der Waals surface area contributed by atoms with Crippen LogP contribution in [0.25, 0.3) is 0 Å². The zero-order chi connectivity index (χ0) is 11.4. The van der Waals surface area contributed by atoms with E-state index in [1.807, 2.05) is 18.3 Å². The van der Waals surface area contributed by atoms with E-state index in [0.29, 0.717) is 0 Å². The van der Waals surface area contributed by atoms with Crippen molar-refractivity contribution in [1.29, 1.82) is 0 Å². The van der Waals surface area contributed by atoms with Crippen molar-refractivity contribution in [2.24, 2.45) is 5.84 Å². The Labute approximate surface area is 101 Å². The third kappa shape index (κ3) is 2.46. The van der Waals surface area contributed by atoms with Gasteiger partial charge in [-0.1, -0.05) is 0 Å². The van der Waals surface area contributed by atoms with E-state index < -0.39 is 0 Å². The van der Waals surface area contributed by atoms with Crippen molar-refractivity contribution in [3.8, 4) is 11.8 Å². The zero-order valence-electron chi connectivity index (χ0n) is 9.68. The lowest BCUT2D eigenvalue weighted by molar-refractivity contribution is 0.576. The molecule has 1 aromatic heterocycles. The van der Waals surface area contributed by atoms with E-state index in [-0.39, 0.29) is 6.04 Å². The molecule has 0 radical (unpaired) electrons. The van der Waals surface area contributed by atoms with Gasteiger partial charge in [0.15, 0.2) is 0 Å². The van der Waals surface area contributed by atoms with Crippen molar-refractivity contribution in [2.75, 3.05) is 0 Å². The molecule has 2 nitrogen and oxygen atoms in total. The molecule has 3 heteroatoms. The van der Waals surface area contributed by atoms with Crippen molar-refractivity contribution in [1.82, 2.24) is 5.43 Å². The Hall–Kier alpha value is -0.820. The molecule has 0 fully saturated rings.